The van der Waals surface area contributed by atoms with Gasteiger partial charge in [0.05, 0.1) is 0 Å². The smallest absolute Gasteiger partial charge is 0.271 e. The number of aliphatic hydroxyl groups excluding tert-OH is 1. The molecule has 1 unspecified atom stereocenters. The number of nitrogens with one attached hydrogen (secondary N) is 1. The van der Waals surface area contributed by atoms with E-state index in [-0.39, 0.29) is 12.5 Å². The second-order valence-corrected chi connectivity index (χ2v) is 6.15. The molecule has 114 valence electrons. The van der Waals surface area contributed by atoms with E-state index in [1.807, 2.05) is 32.9 Å². The number of carbonyl (C=O) groups excluding carboxylic acids is 1. The Morgan fingerprint density at radius 3 is 2.86 bits per heavy atom. The topological polar surface area (TPSA) is 75.4 Å². The van der Waals surface area contributed by atoms with Gasteiger partial charge in [-0.15, -0.1) is 11.3 Å². The maximum absolute atomic E-state index is 12.3. The number of hydrogen-bond donors (Lipinski definition) is 2. The summed E-state index contributed by atoms with van der Waals surface area (Å²) in [4.78, 5) is 16.6. The van der Waals surface area contributed by atoms with E-state index in [2.05, 4.69) is 10.3 Å². The van der Waals surface area contributed by atoms with Crippen LogP contribution in [0.25, 0.3) is 10.8 Å². The fourth-order valence-corrected chi connectivity index (χ4v) is 2.71. The Morgan fingerprint density at radius 1 is 1.52 bits per heavy atom. The highest BCUT2D eigenvalue weighted by Gasteiger charge is 2.25. The Labute approximate surface area is 128 Å². The first kappa shape index (κ1) is 15.7. The number of aromatic nitrogens is 1. The SMILES string of the molecule is CCC(C)(CCO)NC(=O)c1csc(-c2ccc(C)o2)n1. The van der Waals surface area contributed by atoms with Crippen molar-refractivity contribution < 1.29 is 14.3 Å². The van der Waals surface area contributed by atoms with Crippen molar-refractivity contribution in [2.24, 2.45) is 0 Å². The van der Waals surface area contributed by atoms with Crippen molar-refractivity contribution in [2.45, 2.75) is 39.2 Å². The third kappa shape index (κ3) is 3.71. The van der Waals surface area contributed by atoms with Crippen molar-refractivity contribution in [1.29, 1.82) is 0 Å². The second-order valence-electron chi connectivity index (χ2n) is 5.29. The summed E-state index contributed by atoms with van der Waals surface area (Å²) in [5, 5.41) is 14.4. The van der Waals surface area contributed by atoms with Gasteiger partial charge in [0, 0.05) is 17.5 Å². The zero-order valence-electron chi connectivity index (χ0n) is 12.5. The van der Waals surface area contributed by atoms with Crippen LogP contribution in [0, 0.1) is 6.92 Å². The Balaban J connectivity index is 2.12. The lowest BCUT2D eigenvalue weighted by Gasteiger charge is -2.28. The number of aliphatic hydroxyl groups is 1. The quantitative estimate of drug-likeness (QED) is 0.860. The lowest BCUT2D eigenvalue weighted by atomic mass is 9.95. The molecule has 0 aromatic carbocycles. The summed E-state index contributed by atoms with van der Waals surface area (Å²) in [6, 6.07) is 3.71. The fourth-order valence-electron chi connectivity index (χ4n) is 1.95. The normalized spacial score (nSPS) is 13.9. The zero-order chi connectivity index (χ0) is 15.5. The minimum absolute atomic E-state index is 0.0403. The molecule has 0 aliphatic rings. The molecule has 0 bridgehead atoms. The lowest BCUT2D eigenvalue weighted by Crippen LogP contribution is -2.46. The number of hydrogen-bond acceptors (Lipinski definition) is 5. The van der Waals surface area contributed by atoms with Gasteiger partial charge in [-0.05, 0) is 38.8 Å². The number of thiazole rings is 1. The minimum atomic E-state index is -0.420. The molecule has 0 saturated heterocycles. The van der Waals surface area contributed by atoms with E-state index in [1.54, 1.807) is 5.38 Å². The van der Waals surface area contributed by atoms with Gasteiger partial charge in [-0.25, -0.2) is 4.98 Å². The highest BCUT2D eigenvalue weighted by Crippen LogP contribution is 2.26. The molecule has 6 heteroatoms. The Kier molecular flexibility index (Phi) is 4.80. The summed E-state index contributed by atoms with van der Waals surface area (Å²) < 4.78 is 5.51. The summed E-state index contributed by atoms with van der Waals surface area (Å²) in [6.07, 6.45) is 1.26. The fraction of sp³-hybridized carbons (Fsp3) is 0.467. The summed E-state index contributed by atoms with van der Waals surface area (Å²) in [5.74, 6) is 1.26. The molecule has 0 aliphatic heterocycles. The first-order valence-electron chi connectivity index (χ1n) is 6.93. The van der Waals surface area contributed by atoms with Crippen LogP contribution in [0.4, 0.5) is 0 Å². The van der Waals surface area contributed by atoms with Gasteiger partial charge in [-0.2, -0.15) is 0 Å². The van der Waals surface area contributed by atoms with Crippen LogP contribution in [0.3, 0.4) is 0 Å². The van der Waals surface area contributed by atoms with Gasteiger partial charge < -0.3 is 14.8 Å². The predicted molar refractivity (Wildman–Crippen MR) is 82.4 cm³/mol. The Hall–Kier alpha value is -1.66. The molecule has 5 nitrogen and oxygen atoms in total. The molecule has 2 heterocycles. The van der Waals surface area contributed by atoms with Gasteiger partial charge in [-0.3, -0.25) is 4.79 Å². The van der Waals surface area contributed by atoms with Gasteiger partial charge in [0.25, 0.3) is 5.91 Å². The van der Waals surface area contributed by atoms with E-state index in [0.29, 0.717) is 22.9 Å². The van der Waals surface area contributed by atoms with E-state index < -0.39 is 5.54 Å². The van der Waals surface area contributed by atoms with Crippen LogP contribution in [0.5, 0.6) is 0 Å². The number of aryl methyl sites for hydroxylation is 1. The van der Waals surface area contributed by atoms with Gasteiger partial charge in [-0.1, -0.05) is 6.92 Å². The zero-order valence-corrected chi connectivity index (χ0v) is 13.3. The molecule has 2 aromatic rings. The van der Waals surface area contributed by atoms with E-state index in [9.17, 15) is 4.79 Å². The first-order valence-corrected chi connectivity index (χ1v) is 7.81. The molecule has 21 heavy (non-hydrogen) atoms. The van der Waals surface area contributed by atoms with Crippen LogP contribution < -0.4 is 5.32 Å². The van der Waals surface area contributed by atoms with Crippen molar-refractivity contribution in [3.05, 3.63) is 29.0 Å². The van der Waals surface area contributed by atoms with Gasteiger partial charge in [0.1, 0.15) is 11.5 Å². The first-order chi connectivity index (χ1) is 9.97. The third-order valence-electron chi connectivity index (χ3n) is 3.55. The monoisotopic (exact) mass is 308 g/mol. The van der Waals surface area contributed by atoms with Crippen molar-refractivity contribution in [3.8, 4) is 10.8 Å². The number of rotatable bonds is 6. The van der Waals surface area contributed by atoms with Crippen molar-refractivity contribution >= 4 is 17.2 Å². The highest BCUT2D eigenvalue weighted by molar-refractivity contribution is 7.13. The molecular weight excluding hydrogens is 288 g/mol. The van der Waals surface area contributed by atoms with E-state index in [1.165, 1.54) is 11.3 Å². The molecule has 0 fully saturated rings. The standard InChI is InChI=1S/C15H20N2O3S/c1-4-15(3,7-8-18)17-13(19)11-9-21-14(16-11)12-6-5-10(2)20-12/h5-6,9,18H,4,7-8H2,1-3H3,(H,17,19). The van der Waals surface area contributed by atoms with Gasteiger partial charge in [0.15, 0.2) is 10.8 Å². The molecule has 2 aromatic heterocycles. The number of nitrogens with zero attached hydrogens (tertiary/aromatic N) is 1. The van der Waals surface area contributed by atoms with Crippen molar-refractivity contribution in [1.82, 2.24) is 10.3 Å². The van der Waals surface area contributed by atoms with Crippen LogP contribution >= 0.6 is 11.3 Å². The van der Waals surface area contributed by atoms with Crippen LogP contribution in [0.2, 0.25) is 0 Å². The molecule has 0 saturated carbocycles. The number of furan rings is 1. The molecule has 1 atom stereocenters. The maximum Gasteiger partial charge on any atom is 0.271 e. The van der Waals surface area contributed by atoms with Crippen molar-refractivity contribution in [2.75, 3.05) is 6.61 Å². The molecule has 1 amide bonds. The largest absolute Gasteiger partial charge is 0.459 e. The molecule has 2 N–H and O–H groups in total. The molecule has 0 radical (unpaired) electrons. The minimum Gasteiger partial charge on any atom is -0.459 e. The van der Waals surface area contributed by atoms with E-state index in [0.717, 1.165) is 12.2 Å². The van der Waals surface area contributed by atoms with Crippen LogP contribution in [-0.4, -0.2) is 28.1 Å². The summed E-state index contributed by atoms with van der Waals surface area (Å²) in [6.45, 7) is 5.81. The predicted octanol–water partition coefficient (Wildman–Crippen LogP) is 2.99. The van der Waals surface area contributed by atoms with Crippen LogP contribution in [0.1, 0.15) is 42.9 Å². The van der Waals surface area contributed by atoms with E-state index in [4.69, 9.17) is 9.52 Å². The molecular formula is C15H20N2O3S. The van der Waals surface area contributed by atoms with E-state index >= 15 is 0 Å². The van der Waals surface area contributed by atoms with Crippen LogP contribution in [-0.2, 0) is 0 Å². The Bertz CT molecular complexity index is 620. The highest BCUT2D eigenvalue weighted by atomic mass is 32.1. The third-order valence-corrected chi connectivity index (χ3v) is 4.40. The summed E-state index contributed by atoms with van der Waals surface area (Å²) in [5.41, 5.74) is -0.0432. The maximum atomic E-state index is 12.3. The van der Waals surface area contributed by atoms with Crippen molar-refractivity contribution in [3.63, 3.8) is 0 Å². The Morgan fingerprint density at radius 2 is 2.29 bits per heavy atom. The lowest BCUT2D eigenvalue weighted by molar-refractivity contribution is 0.0882. The average Bonchev–Trinajstić information content (AvgIpc) is 3.07. The number of amides is 1. The summed E-state index contributed by atoms with van der Waals surface area (Å²) >= 11 is 1.38. The molecule has 2 rings (SSSR count). The second kappa shape index (κ2) is 6.41. The molecule has 0 spiro atoms. The average molecular weight is 308 g/mol. The number of carbonyl (C=O) groups is 1. The van der Waals surface area contributed by atoms with Crippen LogP contribution in [0.15, 0.2) is 21.9 Å². The van der Waals surface area contributed by atoms with Gasteiger partial charge >= 0.3 is 0 Å². The molecule has 0 aliphatic carbocycles. The summed E-state index contributed by atoms with van der Waals surface area (Å²) in [7, 11) is 0. The van der Waals surface area contributed by atoms with Gasteiger partial charge in [0.2, 0.25) is 0 Å².